The summed E-state index contributed by atoms with van der Waals surface area (Å²) < 4.78 is 11.1. The molecule has 0 bridgehead atoms. The summed E-state index contributed by atoms with van der Waals surface area (Å²) in [4.78, 5) is 39.8. The van der Waals surface area contributed by atoms with E-state index in [0.29, 0.717) is 55.5 Å². The summed E-state index contributed by atoms with van der Waals surface area (Å²) in [5.74, 6) is 0.736. The van der Waals surface area contributed by atoms with Crippen molar-refractivity contribution in [1.29, 1.82) is 0 Å². The van der Waals surface area contributed by atoms with Crippen LogP contribution in [0.25, 0.3) is 22.2 Å². The summed E-state index contributed by atoms with van der Waals surface area (Å²) >= 11 is 0. The van der Waals surface area contributed by atoms with Crippen LogP contribution in [0.1, 0.15) is 61.7 Å². The molecule has 3 amide bonds. The van der Waals surface area contributed by atoms with Crippen molar-refractivity contribution in [2.75, 3.05) is 45.9 Å². The lowest BCUT2D eigenvalue weighted by Crippen LogP contribution is -2.46. The Morgan fingerprint density at radius 3 is 2.37 bits per heavy atom. The molecule has 0 radical (unpaired) electrons. The van der Waals surface area contributed by atoms with Gasteiger partial charge in [-0.15, -0.1) is 0 Å². The molecule has 0 spiro atoms. The van der Waals surface area contributed by atoms with Crippen LogP contribution in [0.4, 0.5) is 0 Å². The standard InChI is InChI=1S/C37H46N6O6/c1-25(2)23-43(34(45)22-40-37(47)28-15-16-31-32(21-28)49-20-19-48-31)24-33(44)38-17-7-3-4-8-18-39-36(46)27-13-11-26(12-14-27)35-29-9-5-6-10-30(29)41-42-35/h5-6,9-16,21,25,37,40,47H,3-4,7-8,17-20,22-24H2,1-2H3,(H,38,44)(H,39,46)(H,41,42). The van der Waals surface area contributed by atoms with Gasteiger partial charge in [-0.05, 0) is 54.7 Å². The second-order valence-electron chi connectivity index (χ2n) is 12.6. The second-order valence-corrected chi connectivity index (χ2v) is 12.6. The monoisotopic (exact) mass is 670 g/mol. The Bertz CT molecular complexity index is 1710. The molecule has 5 rings (SSSR count). The van der Waals surface area contributed by atoms with E-state index in [1.807, 2.05) is 62.4 Å². The molecule has 0 aliphatic carbocycles. The third kappa shape index (κ3) is 10.0. The lowest BCUT2D eigenvalue weighted by molar-refractivity contribution is -0.136. The maximum Gasteiger partial charge on any atom is 0.251 e. The van der Waals surface area contributed by atoms with Crippen LogP contribution in [0.2, 0.25) is 0 Å². The molecule has 1 unspecified atom stereocenters. The van der Waals surface area contributed by atoms with E-state index >= 15 is 0 Å². The number of carbonyl (C=O) groups is 3. The van der Waals surface area contributed by atoms with Crippen molar-refractivity contribution >= 4 is 28.6 Å². The summed E-state index contributed by atoms with van der Waals surface area (Å²) in [5.41, 5.74) is 3.93. The molecule has 260 valence electrons. The summed E-state index contributed by atoms with van der Waals surface area (Å²) in [6, 6.07) is 20.5. The molecule has 1 aromatic heterocycles. The van der Waals surface area contributed by atoms with Crippen molar-refractivity contribution in [3.8, 4) is 22.8 Å². The smallest absolute Gasteiger partial charge is 0.251 e. The third-order valence-electron chi connectivity index (χ3n) is 8.20. The molecule has 12 heteroatoms. The van der Waals surface area contributed by atoms with Gasteiger partial charge in [0.15, 0.2) is 11.5 Å². The number of nitrogens with zero attached hydrogens (tertiary/aromatic N) is 2. The van der Waals surface area contributed by atoms with Gasteiger partial charge in [0, 0.05) is 36.1 Å². The van der Waals surface area contributed by atoms with E-state index < -0.39 is 6.23 Å². The van der Waals surface area contributed by atoms with Gasteiger partial charge in [-0.1, -0.05) is 63.1 Å². The highest BCUT2D eigenvalue weighted by atomic mass is 16.6. The minimum atomic E-state index is -1.08. The number of para-hydroxylation sites is 1. The zero-order valence-corrected chi connectivity index (χ0v) is 28.2. The van der Waals surface area contributed by atoms with Crippen LogP contribution in [0, 0.1) is 5.92 Å². The van der Waals surface area contributed by atoms with Crippen molar-refractivity contribution < 1.29 is 29.0 Å². The maximum atomic E-state index is 13.0. The molecule has 2 heterocycles. The zero-order valence-electron chi connectivity index (χ0n) is 28.2. The van der Waals surface area contributed by atoms with E-state index in [4.69, 9.17) is 9.47 Å². The molecule has 4 aromatic rings. The number of nitrogens with one attached hydrogen (secondary N) is 4. The number of amides is 3. The molecule has 3 aromatic carbocycles. The number of ether oxygens (including phenoxy) is 2. The Kier molecular flexibility index (Phi) is 12.6. The number of hydrogen-bond acceptors (Lipinski definition) is 8. The highest BCUT2D eigenvalue weighted by Crippen LogP contribution is 2.32. The van der Waals surface area contributed by atoms with Gasteiger partial charge < -0.3 is 30.1 Å². The number of rotatable bonds is 17. The average molecular weight is 671 g/mol. The van der Waals surface area contributed by atoms with E-state index in [2.05, 4.69) is 26.1 Å². The number of aliphatic hydroxyl groups is 1. The SMILES string of the molecule is CC(C)CN(CC(=O)NCCCCCCNC(=O)c1ccc(-c2n[nH]c3ccccc23)cc1)C(=O)CNC(O)c1ccc2c(c1)OCCO2. The van der Waals surface area contributed by atoms with Crippen LogP contribution >= 0.6 is 0 Å². The molecule has 0 saturated heterocycles. The van der Waals surface area contributed by atoms with E-state index in [9.17, 15) is 19.5 Å². The highest BCUT2D eigenvalue weighted by molar-refractivity contribution is 5.96. The highest BCUT2D eigenvalue weighted by Gasteiger charge is 2.21. The summed E-state index contributed by atoms with van der Waals surface area (Å²) in [6.07, 6.45) is 2.36. The molecule has 1 aliphatic rings. The first-order valence-corrected chi connectivity index (χ1v) is 17.0. The molecule has 12 nitrogen and oxygen atoms in total. The van der Waals surface area contributed by atoms with Crippen LogP contribution in [0.5, 0.6) is 11.5 Å². The fourth-order valence-electron chi connectivity index (χ4n) is 5.67. The largest absolute Gasteiger partial charge is 0.486 e. The normalized spacial score (nSPS) is 12.9. The number of aromatic amines is 1. The fraction of sp³-hybridized carbons (Fsp3) is 0.405. The van der Waals surface area contributed by atoms with E-state index in [-0.39, 0.29) is 36.7 Å². The van der Waals surface area contributed by atoms with Crippen LogP contribution in [-0.4, -0.2) is 83.9 Å². The molecule has 1 aliphatic heterocycles. The molecular formula is C37H46N6O6. The predicted molar refractivity (Wildman–Crippen MR) is 187 cm³/mol. The Hall–Kier alpha value is -4.94. The Morgan fingerprint density at radius 1 is 0.898 bits per heavy atom. The van der Waals surface area contributed by atoms with Crippen molar-refractivity contribution in [3.05, 3.63) is 77.9 Å². The van der Waals surface area contributed by atoms with Gasteiger partial charge in [-0.3, -0.25) is 24.8 Å². The van der Waals surface area contributed by atoms with Crippen molar-refractivity contribution in [3.63, 3.8) is 0 Å². The van der Waals surface area contributed by atoms with Crippen LogP contribution < -0.4 is 25.4 Å². The quantitative estimate of drug-likeness (QED) is 0.0828. The third-order valence-corrected chi connectivity index (χ3v) is 8.20. The van der Waals surface area contributed by atoms with Crippen molar-refractivity contribution in [2.24, 2.45) is 5.92 Å². The maximum absolute atomic E-state index is 13.0. The molecule has 1 atom stereocenters. The van der Waals surface area contributed by atoms with Gasteiger partial charge in [0.25, 0.3) is 5.91 Å². The molecule has 5 N–H and O–H groups in total. The molecule has 0 fully saturated rings. The number of benzene rings is 3. The summed E-state index contributed by atoms with van der Waals surface area (Å²) in [6.45, 7) is 6.21. The number of unbranched alkanes of at least 4 members (excludes halogenated alkanes) is 3. The lowest BCUT2D eigenvalue weighted by atomic mass is 10.1. The van der Waals surface area contributed by atoms with Gasteiger partial charge in [0.05, 0.1) is 24.3 Å². The van der Waals surface area contributed by atoms with Crippen molar-refractivity contribution in [2.45, 2.75) is 45.8 Å². The van der Waals surface area contributed by atoms with Gasteiger partial charge in [-0.2, -0.15) is 5.10 Å². The van der Waals surface area contributed by atoms with Gasteiger partial charge in [-0.25, -0.2) is 0 Å². The minimum absolute atomic E-state index is 0.0515. The summed E-state index contributed by atoms with van der Waals surface area (Å²) in [7, 11) is 0. The van der Waals surface area contributed by atoms with Gasteiger partial charge in [0.2, 0.25) is 11.8 Å². The minimum Gasteiger partial charge on any atom is -0.486 e. The fourth-order valence-corrected chi connectivity index (χ4v) is 5.67. The number of aliphatic hydroxyl groups excluding tert-OH is 1. The second kappa shape index (κ2) is 17.5. The number of fused-ring (bicyclic) bond motifs is 2. The Morgan fingerprint density at radius 2 is 1.61 bits per heavy atom. The van der Waals surface area contributed by atoms with Crippen molar-refractivity contribution in [1.82, 2.24) is 31.0 Å². The molecular weight excluding hydrogens is 624 g/mol. The van der Waals surface area contributed by atoms with Crippen LogP contribution in [0.15, 0.2) is 66.7 Å². The first kappa shape index (κ1) is 35.4. The van der Waals surface area contributed by atoms with Gasteiger partial charge >= 0.3 is 0 Å². The predicted octanol–water partition coefficient (Wildman–Crippen LogP) is 4.17. The van der Waals surface area contributed by atoms with Crippen LogP contribution in [0.3, 0.4) is 0 Å². The lowest BCUT2D eigenvalue weighted by Gasteiger charge is -2.25. The molecule has 0 saturated carbocycles. The molecule has 49 heavy (non-hydrogen) atoms. The van der Waals surface area contributed by atoms with E-state index in [1.54, 1.807) is 18.2 Å². The topological polar surface area (TPSA) is 158 Å². The summed E-state index contributed by atoms with van der Waals surface area (Å²) in [5, 5.41) is 27.8. The average Bonchev–Trinajstić information content (AvgIpc) is 3.55. The first-order valence-electron chi connectivity index (χ1n) is 17.0. The number of carbonyl (C=O) groups excluding carboxylic acids is 3. The Labute approximate surface area is 286 Å². The number of hydrogen-bond donors (Lipinski definition) is 5. The number of aromatic nitrogens is 2. The first-order chi connectivity index (χ1) is 23.8. The van der Waals surface area contributed by atoms with Gasteiger partial charge in [0.1, 0.15) is 19.4 Å². The van der Waals surface area contributed by atoms with E-state index in [1.165, 1.54) is 4.90 Å². The number of H-pyrrole nitrogens is 1. The van der Waals surface area contributed by atoms with E-state index in [0.717, 1.165) is 47.8 Å². The Balaban J connectivity index is 0.952. The van der Waals surface area contributed by atoms with Crippen LogP contribution in [-0.2, 0) is 9.59 Å². The zero-order chi connectivity index (χ0) is 34.6.